The van der Waals surface area contributed by atoms with Gasteiger partial charge in [-0.25, -0.2) is 9.97 Å². The third-order valence-corrected chi connectivity index (χ3v) is 4.40. The van der Waals surface area contributed by atoms with Gasteiger partial charge < -0.3 is 10.6 Å². The highest BCUT2D eigenvalue weighted by Gasteiger charge is 2.09. The molecule has 2 rings (SSSR count). The molecule has 26 heavy (non-hydrogen) atoms. The van der Waals surface area contributed by atoms with Crippen LogP contribution in [-0.4, -0.2) is 29.5 Å². The molecule has 6 heteroatoms. The van der Waals surface area contributed by atoms with E-state index in [0.717, 1.165) is 40.8 Å². The van der Waals surface area contributed by atoms with Gasteiger partial charge in [-0.1, -0.05) is 30.7 Å². The number of anilines is 1. The molecular weight excluding hydrogens is 342 g/mol. The van der Waals surface area contributed by atoms with Gasteiger partial charge in [0.25, 0.3) is 0 Å². The van der Waals surface area contributed by atoms with Crippen molar-refractivity contribution in [3.05, 3.63) is 47.0 Å². The number of nitrogens with one attached hydrogen (secondary N) is 2. The number of rotatable bonds is 6. The zero-order chi connectivity index (χ0) is 18.9. The molecule has 5 nitrogen and oxygen atoms in total. The van der Waals surface area contributed by atoms with Crippen molar-refractivity contribution in [2.45, 2.75) is 34.1 Å². The second-order valence-electron chi connectivity index (χ2n) is 5.90. The van der Waals surface area contributed by atoms with E-state index in [0.29, 0.717) is 5.96 Å². The van der Waals surface area contributed by atoms with Crippen LogP contribution in [0.5, 0.6) is 0 Å². The van der Waals surface area contributed by atoms with Crippen molar-refractivity contribution in [1.29, 1.82) is 0 Å². The van der Waals surface area contributed by atoms with Crippen LogP contribution >= 0.6 is 11.3 Å². The first-order chi connectivity index (χ1) is 12.6. The molecule has 0 unspecified atom stereocenters. The Morgan fingerprint density at radius 1 is 1.19 bits per heavy atom. The predicted octanol–water partition coefficient (Wildman–Crippen LogP) is 4.97. The van der Waals surface area contributed by atoms with Gasteiger partial charge in [0.1, 0.15) is 5.69 Å². The maximum absolute atomic E-state index is 4.83. The molecule has 2 N–H and O–H groups in total. The maximum atomic E-state index is 4.83. The van der Waals surface area contributed by atoms with E-state index in [-0.39, 0.29) is 0 Å². The number of thiazole rings is 1. The van der Waals surface area contributed by atoms with Crippen LogP contribution in [0.2, 0.25) is 0 Å². The van der Waals surface area contributed by atoms with E-state index in [1.54, 1.807) is 7.05 Å². The Hall–Kier alpha value is -2.47. The number of allylic oxidation sites excluding steroid dienone is 4. The first-order valence-electron chi connectivity index (χ1n) is 8.84. The van der Waals surface area contributed by atoms with Crippen molar-refractivity contribution >= 4 is 28.0 Å². The average molecular weight is 370 g/mol. The van der Waals surface area contributed by atoms with Crippen molar-refractivity contribution in [2.24, 2.45) is 4.99 Å². The molecule has 0 saturated heterocycles. The lowest BCUT2D eigenvalue weighted by Gasteiger charge is -2.07. The van der Waals surface area contributed by atoms with Crippen LogP contribution in [0.25, 0.3) is 17.0 Å². The Morgan fingerprint density at radius 2 is 2.00 bits per heavy atom. The molecule has 0 atom stereocenters. The van der Waals surface area contributed by atoms with Crippen LogP contribution < -0.4 is 10.6 Å². The molecule has 0 aliphatic carbocycles. The summed E-state index contributed by atoms with van der Waals surface area (Å²) in [5.41, 5.74) is 5.11. The number of hydrogen-bond acceptors (Lipinski definition) is 4. The molecule has 0 spiro atoms. The molecule has 2 heterocycles. The van der Waals surface area contributed by atoms with Crippen LogP contribution in [0.1, 0.15) is 39.8 Å². The van der Waals surface area contributed by atoms with Gasteiger partial charge in [0.15, 0.2) is 11.1 Å². The van der Waals surface area contributed by atoms with Gasteiger partial charge in [0.05, 0.1) is 11.4 Å². The van der Waals surface area contributed by atoms with E-state index >= 15 is 0 Å². The zero-order valence-corrected chi connectivity index (χ0v) is 16.9. The molecular formula is C20H27N5S. The second-order valence-corrected chi connectivity index (χ2v) is 6.76. The fraction of sp³-hybridized carbons (Fsp3) is 0.350. The van der Waals surface area contributed by atoms with Crippen LogP contribution in [-0.2, 0) is 0 Å². The summed E-state index contributed by atoms with van der Waals surface area (Å²) >= 11 is 1.54. The Labute approximate surface area is 160 Å². The Kier molecular flexibility index (Phi) is 7.53. The topological polar surface area (TPSA) is 62.2 Å². The van der Waals surface area contributed by atoms with E-state index in [2.05, 4.69) is 53.5 Å². The van der Waals surface area contributed by atoms with Gasteiger partial charge >= 0.3 is 0 Å². The Bertz CT molecular complexity index is 813. The average Bonchev–Trinajstić information content (AvgIpc) is 3.10. The minimum absolute atomic E-state index is 0.714. The molecule has 0 amide bonds. The van der Waals surface area contributed by atoms with E-state index in [4.69, 9.17) is 4.98 Å². The van der Waals surface area contributed by atoms with Gasteiger partial charge in [0, 0.05) is 19.0 Å². The molecule has 0 aromatic carbocycles. The lowest BCUT2D eigenvalue weighted by Crippen LogP contribution is -2.30. The largest absolute Gasteiger partial charge is 0.356 e. The van der Waals surface area contributed by atoms with E-state index in [1.165, 1.54) is 16.9 Å². The summed E-state index contributed by atoms with van der Waals surface area (Å²) in [6.45, 7) is 9.19. The van der Waals surface area contributed by atoms with E-state index in [1.807, 2.05) is 30.5 Å². The van der Waals surface area contributed by atoms with Gasteiger partial charge in [-0.2, -0.15) is 0 Å². The molecule has 2 aromatic heterocycles. The minimum atomic E-state index is 0.714. The third-order valence-electron chi connectivity index (χ3n) is 3.64. The maximum Gasteiger partial charge on any atom is 0.197 e. The summed E-state index contributed by atoms with van der Waals surface area (Å²) < 4.78 is 0. The van der Waals surface area contributed by atoms with Gasteiger partial charge in [-0.05, 0) is 44.9 Å². The van der Waals surface area contributed by atoms with Crippen molar-refractivity contribution in [1.82, 2.24) is 15.3 Å². The molecule has 0 aliphatic heterocycles. The summed E-state index contributed by atoms with van der Waals surface area (Å²) in [4.78, 5) is 13.6. The lowest BCUT2D eigenvalue weighted by molar-refractivity contribution is 0.957. The summed E-state index contributed by atoms with van der Waals surface area (Å²) in [6, 6.07) is 6.07. The van der Waals surface area contributed by atoms with Gasteiger partial charge in [-0.15, -0.1) is 11.3 Å². The number of nitrogens with zero attached hydrogens (tertiary/aromatic N) is 3. The molecule has 0 saturated carbocycles. The second kappa shape index (κ2) is 9.87. The molecule has 138 valence electrons. The summed E-state index contributed by atoms with van der Waals surface area (Å²) in [6.07, 6.45) is 5.31. The third kappa shape index (κ3) is 5.26. The number of aromatic nitrogens is 2. The monoisotopic (exact) mass is 369 g/mol. The normalized spacial score (nSPS) is 11.7. The number of pyridine rings is 1. The fourth-order valence-corrected chi connectivity index (χ4v) is 3.07. The van der Waals surface area contributed by atoms with E-state index < -0.39 is 0 Å². The van der Waals surface area contributed by atoms with Crippen molar-refractivity contribution < 1.29 is 0 Å². The Balaban J connectivity index is 2.28. The first-order valence-corrected chi connectivity index (χ1v) is 9.72. The van der Waals surface area contributed by atoms with E-state index in [9.17, 15) is 0 Å². The summed E-state index contributed by atoms with van der Waals surface area (Å²) in [5.74, 6) is 0.714. The number of aliphatic imine (C=N–C) groups is 1. The van der Waals surface area contributed by atoms with Gasteiger partial charge in [-0.3, -0.25) is 4.99 Å². The summed E-state index contributed by atoms with van der Waals surface area (Å²) in [7, 11) is 1.75. The first kappa shape index (κ1) is 19.8. The van der Waals surface area contributed by atoms with Gasteiger partial charge in [0.2, 0.25) is 0 Å². The zero-order valence-electron chi connectivity index (χ0n) is 16.1. The minimum Gasteiger partial charge on any atom is -0.356 e. The number of guanidine groups is 1. The molecule has 0 aliphatic rings. The highest BCUT2D eigenvalue weighted by molar-refractivity contribution is 7.14. The fourth-order valence-electron chi connectivity index (χ4n) is 2.37. The molecule has 0 fully saturated rings. The highest BCUT2D eigenvalue weighted by atomic mass is 32.1. The van der Waals surface area contributed by atoms with Crippen molar-refractivity contribution in [2.75, 3.05) is 18.9 Å². The quantitative estimate of drug-likeness (QED) is 0.429. The Morgan fingerprint density at radius 3 is 2.65 bits per heavy atom. The van der Waals surface area contributed by atoms with Crippen LogP contribution in [0.4, 0.5) is 5.13 Å². The predicted molar refractivity (Wildman–Crippen MR) is 114 cm³/mol. The lowest BCUT2D eigenvalue weighted by atomic mass is 10.1. The van der Waals surface area contributed by atoms with Crippen LogP contribution in [0.15, 0.2) is 46.3 Å². The van der Waals surface area contributed by atoms with Crippen LogP contribution in [0.3, 0.4) is 0 Å². The highest BCUT2D eigenvalue weighted by Crippen LogP contribution is 2.26. The van der Waals surface area contributed by atoms with Crippen LogP contribution in [0, 0.1) is 0 Å². The smallest absolute Gasteiger partial charge is 0.197 e. The molecule has 0 bridgehead atoms. The summed E-state index contributed by atoms with van der Waals surface area (Å²) in [5, 5.41) is 9.17. The van der Waals surface area contributed by atoms with Crippen molar-refractivity contribution in [3.63, 3.8) is 0 Å². The van der Waals surface area contributed by atoms with Crippen molar-refractivity contribution in [3.8, 4) is 11.4 Å². The standard InChI is InChI=1S/C20H27N5S/c1-6-8-10-15(14(3)4)16-11-9-12-17(23-16)18-13-26-20(24-18)25-19(21-5)22-7-2/h8-13H,6-7H2,1-5H3,(H2,21,22,24,25)/b10-8-. The SMILES string of the molecule is CC/C=C\C(=C(C)C)c1cccc(-c2csc(NC(=NC)NCC)n2)n1. The molecule has 2 aromatic rings. The molecule has 0 radical (unpaired) electrons. The number of hydrogen-bond donors (Lipinski definition) is 2.